The van der Waals surface area contributed by atoms with Crippen LogP contribution in [-0.4, -0.2) is 9.78 Å². The minimum absolute atomic E-state index is 0.445. The monoisotopic (exact) mass is 300 g/mol. The fourth-order valence-corrected chi connectivity index (χ4v) is 2.67. The van der Waals surface area contributed by atoms with Crippen molar-refractivity contribution in [2.75, 3.05) is 0 Å². The van der Waals surface area contributed by atoms with Gasteiger partial charge in [0.15, 0.2) is 0 Å². The van der Waals surface area contributed by atoms with E-state index in [9.17, 15) is 0 Å². The van der Waals surface area contributed by atoms with Gasteiger partial charge in [-0.1, -0.05) is 36.4 Å². The van der Waals surface area contributed by atoms with Crippen molar-refractivity contribution in [2.24, 2.45) is 0 Å². The Morgan fingerprint density at radius 1 is 1.10 bits per heavy atom. The van der Waals surface area contributed by atoms with Crippen LogP contribution in [0.2, 0.25) is 0 Å². The summed E-state index contributed by atoms with van der Waals surface area (Å²) >= 11 is 5.94. The molecule has 0 amide bonds. The maximum atomic E-state index is 5.94. The van der Waals surface area contributed by atoms with Gasteiger partial charge in [-0.2, -0.15) is 5.10 Å². The number of nitrogens with zero attached hydrogens (tertiary/aromatic N) is 2. The summed E-state index contributed by atoms with van der Waals surface area (Å²) in [6, 6.07) is 16.1. The summed E-state index contributed by atoms with van der Waals surface area (Å²) in [5, 5.41) is 5.78. The van der Waals surface area contributed by atoms with Crippen LogP contribution in [0.5, 0.6) is 5.75 Å². The van der Waals surface area contributed by atoms with E-state index < -0.39 is 0 Å². The first-order chi connectivity index (χ1) is 10.3. The maximum absolute atomic E-state index is 5.94. The Labute approximate surface area is 129 Å². The van der Waals surface area contributed by atoms with Gasteiger partial charge in [-0.15, -0.1) is 11.6 Å². The van der Waals surface area contributed by atoms with Crippen molar-refractivity contribution in [1.29, 1.82) is 0 Å². The van der Waals surface area contributed by atoms with Gasteiger partial charge in [-0.25, -0.2) is 0 Å². The SMILES string of the molecule is CCn1nc(COc2ccccc2CCl)c2ccccc21. The molecule has 0 aliphatic carbocycles. The molecule has 0 aliphatic rings. The molecule has 2 aromatic carbocycles. The highest BCUT2D eigenvalue weighted by Gasteiger charge is 2.10. The van der Waals surface area contributed by atoms with Crippen molar-refractivity contribution in [3.63, 3.8) is 0 Å². The molecule has 0 N–H and O–H groups in total. The molecule has 0 saturated heterocycles. The van der Waals surface area contributed by atoms with Gasteiger partial charge in [-0.05, 0) is 19.1 Å². The Bertz CT molecular complexity index is 751. The number of hydrogen-bond donors (Lipinski definition) is 0. The lowest BCUT2D eigenvalue weighted by Gasteiger charge is -2.08. The predicted molar refractivity (Wildman–Crippen MR) is 85.7 cm³/mol. The highest BCUT2D eigenvalue weighted by molar-refractivity contribution is 6.17. The Balaban J connectivity index is 1.88. The van der Waals surface area contributed by atoms with Crippen LogP contribution in [0.4, 0.5) is 0 Å². The zero-order valence-corrected chi connectivity index (χ0v) is 12.7. The van der Waals surface area contributed by atoms with E-state index in [0.717, 1.165) is 34.5 Å². The highest BCUT2D eigenvalue weighted by atomic mass is 35.5. The number of alkyl halides is 1. The molecule has 0 saturated carbocycles. The first-order valence-corrected chi connectivity index (χ1v) is 7.58. The van der Waals surface area contributed by atoms with Crippen molar-refractivity contribution < 1.29 is 4.74 Å². The molecule has 108 valence electrons. The number of benzene rings is 2. The topological polar surface area (TPSA) is 27.1 Å². The Morgan fingerprint density at radius 3 is 2.67 bits per heavy atom. The van der Waals surface area contributed by atoms with E-state index in [1.807, 2.05) is 41.1 Å². The summed E-state index contributed by atoms with van der Waals surface area (Å²) in [5.74, 6) is 1.27. The first-order valence-electron chi connectivity index (χ1n) is 7.04. The third-order valence-corrected chi connectivity index (χ3v) is 3.80. The Kier molecular flexibility index (Phi) is 4.11. The van der Waals surface area contributed by atoms with Crippen LogP contribution in [0.3, 0.4) is 0 Å². The van der Waals surface area contributed by atoms with Crippen LogP contribution in [0.25, 0.3) is 10.9 Å². The molecule has 0 bridgehead atoms. The minimum Gasteiger partial charge on any atom is -0.487 e. The summed E-state index contributed by atoms with van der Waals surface area (Å²) in [6.45, 7) is 3.38. The summed E-state index contributed by atoms with van der Waals surface area (Å²) < 4.78 is 7.92. The van der Waals surface area contributed by atoms with Crippen molar-refractivity contribution in [3.8, 4) is 5.75 Å². The molecule has 0 fully saturated rings. The minimum atomic E-state index is 0.445. The van der Waals surface area contributed by atoms with Gasteiger partial charge in [0.2, 0.25) is 0 Å². The second-order valence-corrected chi connectivity index (χ2v) is 5.08. The lowest BCUT2D eigenvalue weighted by molar-refractivity contribution is 0.298. The molecule has 1 aromatic heterocycles. The van der Waals surface area contributed by atoms with E-state index in [1.165, 1.54) is 0 Å². The number of ether oxygens (including phenoxy) is 1. The number of fused-ring (bicyclic) bond motifs is 1. The van der Waals surface area contributed by atoms with Gasteiger partial charge in [0.25, 0.3) is 0 Å². The van der Waals surface area contributed by atoms with Gasteiger partial charge in [0.05, 0.1) is 11.4 Å². The zero-order chi connectivity index (χ0) is 14.7. The molecule has 0 aliphatic heterocycles. The van der Waals surface area contributed by atoms with Gasteiger partial charge < -0.3 is 4.74 Å². The van der Waals surface area contributed by atoms with E-state index in [-0.39, 0.29) is 0 Å². The third kappa shape index (κ3) is 2.74. The molecular formula is C17H17ClN2O. The molecule has 4 heteroatoms. The van der Waals surface area contributed by atoms with Gasteiger partial charge in [0, 0.05) is 17.5 Å². The molecule has 3 nitrogen and oxygen atoms in total. The number of rotatable bonds is 5. The number of aryl methyl sites for hydroxylation is 1. The quantitative estimate of drug-likeness (QED) is 0.654. The predicted octanol–water partition coefficient (Wildman–Crippen LogP) is 4.37. The van der Waals surface area contributed by atoms with Crippen molar-refractivity contribution in [1.82, 2.24) is 9.78 Å². The number of para-hydroxylation sites is 2. The molecule has 0 atom stereocenters. The van der Waals surface area contributed by atoms with Crippen LogP contribution < -0.4 is 4.74 Å². The largest absolute Gasteiger partial charge is 0.487 e. The summed E-state index contributed by atoms with van der Waals surface area (Å²) in [5.41, 5.74) is 3.10. The van der Waals surface area contributed by atoms with E-state index in [4.69, 9.17) is 16.3 Å². The molecule has 3 aromatic rings. The molecular weight excluding hydrogens is 284 g/mol. The Morgan fingerprint density at radius 2 is 1.86 bits per heavy atom. The second-order valence-electron chi connectivity index (χ2n) is 4.81. The van der Waals surface area contributed by atoms with Crippen LogP contribution in [0, 0.1) is 0 Å². The molecule has 0 radical (unpaired) electrons. The normalized spacial score (nSPS) is 11.0. The first kappa shape index (κ1) is 14.0. The van der Waals surface area contributed by atoms with Crippen molar-refractivity contribution in [2.45, 2.75) is 26.0 Å². The lowest BCUT2D eigenvalue weighted by atomic mass is 10.2. The number of hydrogen-bond acceptors (Lipinski definition) is 2. The molecule has 21 heavy (non-hydrogen) atoms. The maximum Gasteiger partial charge on any atom is 0.133 e. The smallest absolute Gasteiger partial charge is 0.133 e. The molecule has 0 unspecified atom stereocenters. The lowest BCUT2D eigenvalue weighted by Crippen LogP contribution is -2.01. The van der Waals surface area contributed by atoms with E-state index in [1.54, 1.807) is 0 Å². The highest BCUT2D eigenvalue weighted by Crippen LogP contribution is 2.23. The van der Waals surface area contributed by atoms with Gasteiger partial charge >= 0.3 is 0 Å². The van der Waals surface area contributed by atoms with Crippen molar-refractivity contribution in [3.05, 3.63) is 59.8 Å². The standard InChI is InChI=1S/C17H17ClN2O/c1-2-20-16-9-5-4-8-14(16)15(19-20)12-21-17-10-6-3-7-13(17)11-18/h3-10H,2,11-12H2,1H3. The van der Waals surface area contributed by atoms with Crippen LogP contribution in [-0.2, 0) is 19.0 Å². The third-order valence-electron chi connectivity index (χ3n) is 3.51. The van der Waals surface area contributed by atoms with E-state index >= 15 is 0 Å². The van der Waals surface area contributed by atoms with Crippen LogP contribution in [0.1, 0.15) is 18.2 Å². The molecule has 3 rings (SSSR count). The zero-order valence-electron chi connectivity index (χ0n) is 11.9. The fraction of sp³-hybridized carbons (Fsp3) is 0.235. The summed E-state index contributed by atoms with van der Waals surface area (Å²) in [7, 11) is 0. The van der Waals surface area contributed by atoms with E-state index in [0.29, 0.717) is 12.5 Å². The Hall–Kier alpha value is -2.00. The van der Waals surface area contributed by atoms with Crippen LogP contribution in [0.15, 0.2) is 48.5 Å². The van der Waals surface area contributed by atoms with Crippen LogP contribution >= 0.6 is 11.6 Å². The number of aromatic nitrogens is 2. The average molecular weight is 301 g/mol. The number of halogens is 1. The molecule has 1 heterocycles. The van der Waals surface area contributed by atoms with E-state index in [2.05, 4.69) is 24.2 Å². The van der Waals surface area contributed by atoms with Gasteiger partial charge in [0.1, 0.15) is 18.1 Å². The van der Waals surface area contributed by atoms with Crippen molar-refractivity contribution >= 4 is 22.5 Å². The second kappa shape index (κ2) is 6.19. The summed E-state index contributed by atoms with van der Waals surface area (Å²) in [4.78, 5) is 0. The average Bonchev–Trinajstić information content (AvgIpc) is 2.91. The fourth-order valence-electron chi connectivity index (χ4n) is 2.45. The molecule has 0 spiro atoms. The van der Waals surface area contributed by atoms with Gasteiger partial charge in [-0.3, -0.25) is 4.68 Å². The summed E-state index contributed by atoms with van der Waals surface area (Å²) in [6.07, 6.45) is 0.